The number of ether oxygens (including phenoxy) is 1. The van der Waals surface area contributed by atoms with Crippen LogP contribution in [0.1, 0.15) is 71.6 Å². The lowest BCUT2D eigenvalue weighted by molar-refractivity contribution is -0.159. The molecule has 0 saturated heterocycles. The molecule has 2 nitrogen and oxygen atoms in total. The first kappa shape index (κ1) is 15.6. The first-order chi connectivity index (χ1) is 9.64. The Morgan fingerprint density at radius 2 is 2.05 bits per heavy atom. The van der Waals surface area contributed by atoms with E-state index in [1.807, 2.05) is 0 Å². The van der Waals surface area contributed by atoms with Gasteiger partial charge in [0.1, 0.15) is 6.10 Å². The van der Waals surface area contributed by atoms with Gasteiger partial charge in [-0.2, -0.15) is 0 Å². The average Bonchev–Trinajstić information content (AvgIpc) is 2.47. The van der Waals surface area contributed by atoms with Crippen molar-refractivity contribution in [2.24, 2.45) is 17.3 Å². The second-order valence-electron chi connectivity index (χ2n) is 6.81. The van der Waals surface area contributed by atoms with Crippen LogP contribution in [-0.2, 0) is 9.53 Å². The number of carbonyl (C=O) groups is 1. The lowest BCUT2D eigenvalue weighted by atomic mass is 9.54. The fourth-order valence-electron chi connectivity index (χ4n) is 5.01. The summed E-state index contributed by atoms with van der Waals surface area (Å²) in [5.74, 6) is 1.37. The molecule has 0 aliphatic heterocycles. The van der Waals surface area contributed by atoms with Gasteiger partial charge in [-0.15, -0.1) is 0 Å². The molecule has 0 radical (unpaired) electrons. The molecule has 2 rings (SSSR count). The minimum atomic E-state index is -0.258. The van der Waals surface area contributed by atoms with E-state index >= 15 is 0 Å². The summed E-state index contributed by atoms with van der Waals surface area (Å²) in [6.07, 6.45) is 13.1. The molecule has 0 amide bonds. The topological polar surface area (TPSA) is 26.3 Å². The van der Waals surface area contributed by atoms with Crippen LogP contribution in [0.15, 0.2) is 12.7 Å². The lowest BCUT2D eigenvalue weighted by Crippen LogP contribution is -2.48. The minimum Gasteiger partial charge on any atom is -0.459 e. The monoisotopic (exact) mass is 278 g/mol. The van der Waals surface area contributed by atoms with E-state index in [1.165, 1.54) is 63.9 Å². The predicted molar refractivity (Wildman–Crippen MR) is 82.4 cm³/mol. The van der Waals surface area contributed by atoms with Gasteiger partial charge >= 0.3 is 5.97 Å². The van der Waals surface area contributed by atoms with Gasteiger partial charge < -0.3 is 4.74 Å². The molecule has 0 heterocycles. The van der Waals surface area contributed by atoms with E-state index in [0.29, 0.717) is 0 Å². The van der Waals surface area contributed by atoms with Crippen molar-refractivity contribution in [3.63, 3.8) is 0 Å². The highest BCUT2D eigenvalue weighted by atomic mass is 16.5. The third kappa shape index (κ3) is 2.94. The van der Waals surface area contributed by atoms with E-state index in [9.17, 15) is 4.79 Å². The first-order valence-electron chi connectivity index (χ1n) is 8.47. The highest BCUT2D eigenvalue weighted by Crippen LogP contribution is 2.55. The third-order valence-electron chi connectivity index (χ3n) is 5.85. The molecule has 0 N–H and O–H groups in total. The normalized spacial score (nSPS) is 34.9. The maximum Gasteiger partial charge on any atom is 0.330 e. The third-order valence-corrected chi connectivity index (χ3v) is 5.85. The Morgan fingerprint density at radius 1 is 1.35 bits per heavy atom. The van der Waals surface area contributed by atoms with Crippen molar-refractivity contribution < 1.29 is 9.53 Å². The molecule has 0 bridgehead atoms. The Balaban J connectivity index is 2.21. The zero-order valence-electron chi connectivity index (χ0n) is 13.2. The van der Waals surface area contributed by atoms with Gasteiger partial charge in [-0.05, 0) is 38.0 Å². The van der Waals surface area contributed by atoms with Crippen LogP contribution >= 0.6 is 0 Å². The molecule has 4 unspecified atom stereocenters. The Bertz CT molecular complexity index is 343. The van der Waals surface area contributed by atoms with Gasteiger partial charge in [-0.3, -0.25) is 0 Å². The SMILES string of the molecule is C=CC(=O)OC(C)C1(CCC)CCCC2CCCCC21. The second kappa shape index (κ2) is 6.78. The van der Waals surface area contributed by atoms with Crippen LogP contribution in [0.25, 0.3) is 0 Å². The van der Waals surface area contributed by atoms with E-state index in [-0.39, 0.29) is 17.5 Å². The van der Waals surface area contributed by atoms with Gasteiger partial charge in [0.2, 0.25) is 0 Å². The van der Waals surface area contributed by atoms with Crippen molar-refractivity contribution in [1.82, 2.24) is 0 Å². The van der Waals surface area contributed by atoms with E-state index in [2.05, 4.69) is 20.4 Å². The smallest absolute Gasteiger partial charge is 0.330 e. The van der Waals surface area contributed by atoms with Crippen LogP contribution in [0.5, 0.6) is 0 Å². The molecular formula is C18H30O2. The van der Waals surface area contributed by atoms with Crippen molar-refractivity contribution in [3.8, 4) is 0 Å². The van der Waals surface area contributed by atoms with Crippen LogP contribution in [0.3, 0.4) is 0 Å². The van der Waals surface area contributed by atoms with Crippen molar-refractivity contribution in [2.45, 2.75) is 77.7 Å². The molecule has 2 saturated carbocycles. The summed E-state index contributed by atoms with van der Waals surface area (Å²) in [6, 6.07) is 0. The van der Waals surface area contributed by atoms with E-state index in [4.69, 9.17) is 4.74 Å². The molecule has 2 aliphatic rings. The summed E-state index contributed by atoms with van der Waals surface area (Å²) in [7, 11) is 0. The summed E-state index contributed by atoms with van der Waals surface area (Å²) < 4.78 is 5.69. The molecule has 2 heteroatoms. The van der Waals surface area contributed by atoms with Crippen molar-refractivity contribution in [2.75, 3.05) is 0 Å². The number of hydrogen-bond acceptors (Lipinski definition) is 2. The molecule has 2 fully saturated rings. The van der Waals surface area contributed by atoms with Crippen molar-refractivity contribution >= 4 is 5.97 Å². The Kier molecular flexibility index (Phi) is 5.29. The van der Waals surface area contributed by atoms with Gasteiger partial charge in [0.25, 0.3) is 0 Å². The molecule has 0 aromatic carbocycles. The Labute approximate surface area is 124 Å². The largest absolute Gasteiger partial charge is 0.459 e. The van der Waals surface area contributed by atoms with Gasteiger partial charge in [0, 0.05) is 11.5 Å². The van der Waals surface area contributed by atoms with E-state index in [1.54, 1.807) is 0 Å². The van der Waals surface area contributed by atoms with Crippen LogP contribution in [-0.4, -0.2) is 12.1 Å². The molecule has 2 aliphatic carbocycles. The van der Waals surface area contributed by atoms with Crippen molar-refractivity contribution in [3.05, 3.63) is 12.7 Å². The van der Waals surface area contributed by atoms with Crippen LogP contribution in [0.2, 0.25) is 0 Å². The van der Waals surface area contributed by atoms with E-state index < -0.39 is 0 Å². The van der Waals surface area contributed by atoms with Crippen LogP contribution < -0.4 is 0 Å². The van der Waals surface area contributed by atoms with Gasteiger partial charge in [-0.25, -0.2) is 4.79 Å². The molecule has 114 valence electrons. The van der Waals surface area contributed by atoms with Gasteiger partial charge in [-0.1, -0.05) is 52.0 Å². The number of hydrogen-bond donors (Lipinski definition) is 0. The van der Waals surface area contributed by atoms with Gasteiger partial charge in [0.05, 0.1) is 0 Å². The summed E-state index contributed by atoms with van der Waals surface area (Å²) in [6.45, 7) is 7.91. The maximum atomic E-state index is 11.6. The molecule has 0 aromatic heterocycles. The quantitative estimate of drug-likeness (QED) is 0.529. The highest BCUT2D eigenvalue weighted by Gasteiger charge is 2.49. The number of carbonyl (C=O) groups excluding carboxylic acids is 1. The lowest BCUT2D eigenvalue weighted by Gasteiger charge is -2.53. The maximum absolute atomic E-state index is 11.6. The van der Waals surface area contributed by atoms with E-state index in [0.717, 1.165) is 11.8 Å². The van der Waals surface area contributed by atoms with Gasteiger partial charge in [0.15, 0.2) is 0 Å². The number of fused-ring (bicyclic) bond motifs is 1. The Morgan fingerprint density at radius 3 is 2.75 bits per heavy atom. The highest BCUT2D eigenvalue weighted by molar-refractivity contribution is 5.81. The molecule has 0 aromatic rings. The standard InChI is InChI=1S/C18H30O2/c1-4-12-18(14(3)20-17(19)5-2)13-8-10-15-9-6-7-11-16(15)18/h5,14-16H,2,4,6-13H2,1,3H3. The zero-order valence-corrected chi connectivity index (χ0v) is 13.2. The van der Waals surface area contributed by atoms with Crippen molar-refractivity contribution in [1.29, 1.82) is 0 Å². The Hall–Kier alpha value is -0.790. The van der Waals surface area contributed by atoms with Crippen LogP contribution in [0.4, 0.5) is 0 Å². The summed E-state index contributed by atoms with van der Waals surface area (Å²) in [5.41, 5.74) is 0.219. The predicted octanol–water partition coefficient (Wildman–Crippen LogP) is 4.88. The minimum absolute atomic E-state index is 0.0267. The number of rotatable bonds is 5. The number of esters is 1. The second-order valence-corrected chi connectivity index (χ2v) is 6.81. The summed E-state index contributed by atoms with van der Waals surface area (Å²) in [5, 5.41) is 0. The fraction of sp³-hybridized carbons (Fsp3) is 0.833. The molecule has 4 atom stereocenters. The molecule has 0 spiro atoms. The summed E-state index contributed by atoms with van der Waals surface area (Å²) in [4.78, 5) is 11.6. The zero-order chi connectivity index (χ0) is 14.6. The molecular weight excluding hydrogens is 248 g/mol. The van der Waals surface area contributed by atoms with Crippen LogP contribution in [0, 0.1) is 17.3 Å². The fourth-order valence-corrected chi connectivity index (χ4v) is 5.01. The first-order valence-corrected chi connectivity index (χ1v) is 8.47. The average molecular weight is 278 g/mol. The molecule has 20 heavy (non-hydrogen) atoms. The summed E-state index contributed by atoms with van der Waals surface area (Å²) >= 11 is 0.